The molecule has 1 aromatic heterocycles. The van der Waals surface area contributed by atoms with E-state index in [2.05, 4.69) is 28.0 Å². The predicted octanol–water partition coefficient (Wildman–Crippen LogP) is 5.75. The van der Waals surface area contributed by atoms with Crippen LogP contribution in [0.2, 0.25) is 0 Å². The minimum Gasteiger partial charge on any atom is -0.285 e. The summed E-state index contributed by atoms with van der Waals surface area (Å²) in [5, 5.41) is 11.4. The lowest BCUT2D eigenvalue weighted by Crippen LogP contribution is -2.02. The first kappa shape index (κ1) is 21.2. The summed E-state index contributed by atoms with van der Waals surface area (Å²) in [6, 6.07) is 12.1. The average Bonchev–Trinajstić information content (AvgIpc) is 2.71. The van der Waals surface area contributed by atoms with Crippen molar-refractivity contribution in [2.75, 3.05) is 10.8 Å². The summed E-state index contributed by atoms with van der Waals surface area (Å²) in [6.45, 7) is 4.54. The quantitative estimate of drug-likeness (QED) is 0.168. The third-order valence-corrected chi connectivity index (χ3v) is 5.90. The number of rotatable bonds is 10. The number of aliphatic imine (C=N–C) groups is 1. The summed E-state index contributed by atoms with van der Waals surface area (Å²) >= 11 is 3.49. The summed E-state index contributed by atoms with van der Waals surface area (Å²) in [6.07, 6.45) is 7.95. The van der Waals surface area contributed by atoms with Crippen LogP contribution in [0.25, 0.3) is 11.3 Å². The number of nitrogens with zero attached hydrogens (tertiary/aromatic N) is 4. The van der Waals surface area contributed by atoms with E-state index in [0.717, 1.165) is 21.4 Å². The third-order valence-electron chi connectivity index (χ3n) is 3.62. The standard InChI is InChI=1S/C21H24N4S2/c1-3-5-12-23-15-19-24-20(17-10-8-7-9-11-17)18(14-22)21(25-19)27-16-26-13-6-4-2/h3,5,7-12H,4,6,13,15-16H2,1-2H3/b5-3-,23-12?. The number of nitriles is 1. The van der Waals surface area contributed by atoms with Crippen molar-refractivity contribution in [1.29, 1.82) is 5.26 Å². The highest BCUT2D eigenvalue weighted by Gasteiger charge is 2.16. The second kappa shape index (κ2) is 12.3. The molecule has 0 radical (unpaired) electrons. The van der Waals surface area contributed by atoms with Gasteiger partial charge in [0.25, 0.3) is 0 Å². The molecule has 0 aliphatic rings. The second-order valence-electron chi connectivity index (χ2n) is 5.69. The summed E-state index contributed by atoms with van der Waals surface area (Å²) in [4.78, 5) is 13.6. The summed E-state index contributed by atoms with van der Waals surface area (Å²) in [5.41, 5.74) is 2.16. The molecule has 140 valence electrons. The first-order chi connectivity index (χ1) is 13.3. The molecule has 0 amide bonds. The van der Waals surface area contributed by atoms with E-state index in [1.165, 1.54) is 12.8 Å². The van der Waals surface area contributed by atoms with Gasteiger partial charge in [0.2, 0.25) is 0 Å². The number of allylic oxidation sites excluding steroid dienone is 2. The van der Waals surface area contributed by atoms with Gasteiger partial charge >= 0.3 is 0 Å². The summed E-state index contributed by atoms with van der Waals surface area (Å²) in [7, 11) is 0. The van der Waals surface area contributed by atoms with E-state index >= 15 is 0 Å². The topological polar surface area (TPSA) is 61.9 Å². The van der Waals surface area contributed by atoms with E-state index in [1.807, 2.05) is 61.2 Å². The molecule has 0 atom stereocenters. The largest absolute Gasteiger partial charge is 0.285 e. The van der Waals surface area contributed by atoms with Crippen LogP contribution in [-0.4, -0.2) is 27.0 Å². The van der Waals surface area contributed by atoms with Gasteiger partial charge in [-0.1, -0.05) is 61.5 Å². The smallest absolute Gasteiger partial charge is 0.151 e. The highest BCUT2D eigenvalue weighted by atomic mass is 32.2. The molecule has 0 spiro atoms. The zero-order valence-electron chi connectivity index (χ0n) is 15.8. The van der Waals surface area contributed by atoms with E-state index in [9.17, 15) is 5.26 Å². The van der Waals surface area contributed by atoms with Crippen LogP contribution in [0.1, 0.15) is 38.1 Å². The molecule has 0 aliphatic carbocycles. The fourth-order valence-electron chi connectivity index (χ4n) is 2.25. The Hall–Kier alpha value is -2.10. The molecule has 0 bridgehead atoms. The van der Waals surface area contributed by atoms with Gasteiger partial charge in [0, 0.05) is 16.9 Å². The van der Waals surface area contributed by atoms with E-state index in [-0.39, 0.29) is 0 Å². The number of hydrogen-bond acceptors (Lipinski definition) is 6. The van der Waals surface area contributed by atoms with Crippen LogP contribution in [0.4, 0.5) is 0 Å². The first-order valence-corrected chi connectivity index (χ1v) is 11.1. The lowest BCUT2D eigenvalue weighted by Gasteiger charge is -2.10. The minimum atomic E-state index is 0.395. The van der Waals surface area contributed by atoms with Crippen LogP contribution in [0.5, 0.6) is 0 Å². The monoisotopic (exact) mass is 396 g/mol. The molecule has 2 rings (SSSR count). The van der Waals surface area contributed by atoms with Gasteiger partial charge in [-0.2, -0.15) is 17.0 Å². The Morgan fingerprint density at radius 1 is 1.22 bits per heavy atom. The molecule has 6 heteroatoms. The molecule has 0 saturated heterocycles. The maximum absolute atomic E-state index is 9.75. The molecule has 4 nitrogen and oxygen atoms in total. The highest BCUT2D eigenvalue weighted by molar-refractivity contribution is 8.15. The van der Waals surface area contributed by atoms with Crippen molar-refractivity contribution in [3.63, 3.8) is 0 Å². The number of unbranched alkanes of at least 4 members (excludes halogenated alkanes) is 1. The van der Waals surface area contributed by atoms with Gasteiger partial charge in [-0.25, -0.2) is 9.97 Å². The molecule has 1 heterocycles. The molecule has 0 unspecified atom stereocenters. The molecule has 27 heavy (non-hydrogen) atoms. The molecule has 0 fully saturated rings. The van der Waals surface area contributed by atoms with Crippen LogP contribution >= 0.6 is 23.5 Å². The first-order valence-electron chi connectivity index (χ1n) is 8.98. The molecule has 0 N–H and O–H groups in total. The fraction of sp³-hybridized carbons (Fsp3) is 0.333. The van der Waals surface area contributed by atoms with Crippen molar-refractivity contribution in [3.05, 3.63) is 53.9 Å². The second-order valence-corrected chi connectivity index (χ2v) is 8.12. The van der Waals surface area contributed by atoms with E-state index in [4.69, 9.17) is 0 Å². The Morgan fingerprint density at radius 2 is 2.04 bits per heavy atom. The Kier molecular flexibility index (Phi) is 9.67. The number of benzene rings is 1. The normalized spacial score (nSPS) is 11.3. The molecule has 0 aliphatic heterocycles. The summed E-state index contributed by atoms with van der Waals surface area (Å²) < 4.78 is 0. The number of thioether (sulfide) groups is 2. The van der Waals surface area contributed by atoms with Crippen molar-refractivity contribution in [2.45, 2.75) is 38.3 Å². The lowest BCUT2D eigenvalue weighted by atomic mass is 10.1. The minimum absolute atomic E-state index is 0.395. The highest BCUT2D eigenvalue weighted by Crippen LogP contribution is 2.31. The van der Waals surface area contributed by atoms with Gasteiger partial charge in [0.05, 0.1) is 12.2 Å². The van der Waals surface area contributed by atoms with Crippen LogP contribution in [0.3, 0.4) is 0 Å². The molecule has 0 saturated carbocycles. The van der Waals surface area contributed by atoms with Crippen molar-refractivity contribution in [2.24, 2.45) is 4.99 Å². The Labute approximate surface area is 170 Å². The molecular weight excluding hydrogens is 372 g/mol. The number of hydrogen-bond donors (Lipinski definition) is 0. The van der Waals surface area contributed by atoms with E-state index < -0.39 is 0 Å². The summed E-state index contributed by atoms with van der Waals surface area (Å²) in [5.74, 6) is 1.76. The SMILES string of the molecule is C/C=C\C=NCc1nc(SCSCCCC)c(C#N)c(-c2ccccc2)n1. The van der Waals surface area contributed by atoms with Gasteiger partial charge < -0.3 is 0 Å². The fourth-order valence-corrected chi connectivity index (χ4v) is 4.45. The zero-order chi connectivity index (χ0) is 19.3. The van der Waals surface area contributed by atoms with Gasteiger partial charge in [0.15, 0.2) is 5.82 Å². The van der Waals surface area contributed by atoms with E-state index in [0.29, 0.717) is 23.6 Å². The molecule has 1 aromatic carbocycles. The zero-order valence-corrected chi connectivity index (χ0v) is 17.4. The van der Waals surface area contributed by atoms with Gasteiger partial charge in [-0.15, -0.1) is 0 Å². The van der Waals surface area contributed by atoms with Gasteiger partial charge in [-0.3, -0.25) is 4.99 Å². The van der Waals surface area contributed by atoms with Crippen LogP contribution in [-0.2, 0) is 6.54 Å². The Morgan fingerprint density at radius 3 is 2.74 bits per heavy atom. The van der Waals surface area contributed by atoms with E-state index in [1.54, 1.807) is 18.0 Å². The van der Waals surface area contributed by atoms with Crippen molar-refractivity contribution in [1.82, 2.24) is 9.97 Å². The van der Waals surface area contributed by atoms with Crippen LogP contribution in [0, 0.1) is 11.3 Å². The maximum Gasteiger partial charge on any atom is 0.151 e. The van der Waals surface area contributed by atoms with Crippen molar-refractivity contribution in [3.8, 4) is 17.3 Å². The molecular formula is C21H24N4S2. The average molecular weight is 397 g/mol. The van der Waals surface area contributed by atoms with Crippen LogP contribution in [0.15, 0.2) is 52.5 Å². The van der Waals surface area contributed by atoms with Gasteiger partial charge in [-0.05, 0) is 25.2 Å². The Balaban J connectivity index is 2.32. The van der Waals surface area contributed by atoms with Crippen LogP contribution < -0.4 is 0 Å². The molecule has 2 aromatic rings. The predicted molar refractivity (Wildman–Crippen MR) is 117 cm³/mol. The lowest BCUT2D eigenvalue weighted by molar-refractivity contribution is 0.868. The van der Waals surface area contributed by atoms with Crippen molar-refractivity contribution >= 4 is 29.7 Å². The van der Waals surface area contributed by atoms with Gasteiger partial charge in [0.1, 0.15) is 16.7 Å². The maximum atomic E-state index is 9.75. The third kappa shape index (κ3) is 6.85. The number of aromatic nitrogens is 2. The Bertz CT molecular complexity index is 811. The van der Waals surface area contributed by atoms with Crippen molar-refractivity contribution < 1.29 is 0 Å².